The van der Waals surface area contributed by atoms with Crippen molar-refractivity contribution in [1.29, 1.82) is 0 Å². The summed E-state index contributed by atoms with van der Waals surface area (Å²) in [5.74, 6) is -0.0529. The number of aryl methyl sites for hydroxylation is 1. The molecule has 1 aromatic rings. The van der Waals surface area contributed by atoms with E-state index >= 15 is 0 Å². The number of nitrogens with one attached hydrogen (secondary N) is 1. The molecule has 0 aliphatic carbocycles. The summed E-state index contributed by atoms with van der Waals surface area (Å²) in [6.07, 6.45) is 2.31. The standard InChI is InChI=1S/C16H23BrN2O2/c1-4-5-9-19(13(3)20)10-8-16(21)18-14-7-6-12(2)15(17)11-14/h6-7,11H,4-5,8-10H2,1-3H3,(H,18,21). The lowest BCUT2D eigenvalue weighted by Gasteiger charge is -2.20. The number of nitrogens with zero attached hydrogens (tertiary/aromatic N) is 1. The van der Waals surface area contributed by atoms with E-state index in [9.17, 15) is 9.59 Å². The molecule has 2 amide bonds. The molecule has 5 heteroatoms. The minimum atomic E-state index is -0.0755. The number of hydrogen-bond acceptors (Lipinski definition) is 2. The van der Waals surface area contributed by atoms with Crippen LogP contribution in [0, 0.1) is 6.92 Å². The van der Waals surface area contributed by atoms with Crippen LogP contribution in [0.5, 0.6) is 0 Å². The maximum Gasteiger partial charge on any atom is 0.226 e. The fourth-order valence-corrected chi connectivity index (χ4v) is 2.29. The molecular weight excluding hydrogens is 332 g/mol. The van der Waals surface area contributed by atoms with Crippen LogP contribution in [0.3, 0.4) is 0 Å². The minimum absolute atomic E-state index is 0.0225. The maximum atomic E-state index is 11.9. The van der Waals surface area contributed by atoms with Gasteiger partial charge in [-0.15, -0.1) is 0 Å². The Morgan fingerprint density at radius 3 is 2.57 bits per heavy atom. The van der Waals surface area contributed by atoms with Crippen molar-refractivity contribution in [2.45, 2.75) is 40.0 Å². The zero-order valence-corrected chi connectivity index (χ0v) is 14.5. The fourth-order valence-electron chi connectivity index (χ4n) is 1.91. The van der Waals surface area contributed by atoms with E-state index in [-0.39, 0.29) is 11.8 Å². The SMILES string of the molecule is CCCCN(CCC(=O)Nc1ccc(C)c(Br)c1)C(C)=O. The van der Waals surface area contributed by atoms with Gasteiger partial charge in [-0.2, -0.15) is 0 Å². The van der Waals surface area contributed by atoms with Gasteiger partial charge in [0.1, 0.15) is 0 Å². The summed E-state index contributed by atoms with van der Waals surface area (Å²) in [4.78, 5) is 25.2. The zero-order chi connectivity index (χ0) is 15.8. The third kappa shape index (κ3) is 6.29. The third-order valence-corrected chi connectivity index (χ3v) is 4.15. The van der Waals surface area contributed by atoms with E-state index in [0.717, 1.165) is 35.1 Å². The molecule has 0 aliphatic heterocycles. The lowest BCUT2D eigenvalue weighted by Crippen LogP contribution is -2.32. The van der Waals surface area contributed by atoms with Crippen LogP contribution in [-0.2, 0) is 9.59 Å². The number of unbranched alkanes of at least 4 members (excludes halogenated alkanes) is 1. The molecule has 0 bridgehead atoms. The van der Waals surface area contributed by atoms with Crippen LogP contribution in [-0.4, -0.2) is 29.8 Å². The lowest BCUT2D eigenvalue weighted by atomic mass is 10.2. The van der Waals surface area contributed by atoms with Gasteiger partial charge in [-0.25, -0.2) is 0 Å². The van der Waals surface area contributed by atoms with Crippen LogP contribution in [0.1, 0.15) is 38.7 Å². The number of hydrogen-bond donors (Lipinski definition) is 1. The van der Waals surface area contributed by atoms with Crippen molar-refractivity contribution < 1.29 is 9.59 Å². The fraction of sp³-hybridized carbons (Fsp3) is 0.500. The highest BCUT2D eigenvalue weighted by Gasteiger charge is 2.11. The van der Waals surface area contributed by atoms with Crippen molar-refractivity contribution >= 4 is 33.4 Å². The number of rotatable bonds is 7. The summed E-state index contributed by atoms with van der Waals surface area (Å²) >= 11 is 3.44. The van der Waals surface area contributed by atoms with E-state index < -0.39 is 0 Å². The second-order valence-corrected chi connectivity index (χ2v) is 5.98. The van der Waals surface area contributed by atoms with E-state index in [2.05, 4.69) is 28.2 Å². The summed E-state index contributed by atoms with van der Waals surface area (Å²) in [7, 11) is 0. The molecule has 0 aromatic heterocycles. The first-order valence-corrected chi connectivity index (χ1v) is 8.04. The van der Waals surface area contributed by atoms with Gasteiger partial charge in [0.05, 0.1) is 0 Å². The average Bonchev–Trinajstić information content (AvgIpc) is 2.42. The number of carbonyl (C=O) groups is 2. The molecular formula is C16H23BrN2O2. The van der Waals surface area contributed by atoms with Gasteiger partial charge in [0, 0.05) is 36.6 Å². The Morgan fingerprint density at radius 1 is 1.29 bits per heavy atom. The first kappa shape index (κ1) is 17.7. The van der Waals surface area contributed by atoms with Crippen LogP contribution in [0.25, 0.3) is 0 Å². The highest BCUT2D eigenvalue weighted by atomic mass is 79.9. The predicted octanol–water partition coefficient (Wildman–Crippen LogP) is 3.73. The Labute approximate surface area is 135 Å². The van der Waals surface area contributed by atoms with Crippen LogP contribution < -0.4 is 5.32 Å². The number of amides is 2. The molecule has 0 aliphatic rings. The molecule has 0 saturated carbocycles. The number of benzene rings is 1. The van der Waals surface area contributed by atoms with E-state index in [1.807, 2.05) is 25.1 Å². The quantitative estimate of drug-likeness (QED) is 0.810. The molecule has 0 atom stereocenters. The number of anilines is 1. The monoisotopic (exact) mass is 354 g/mol. The largest absolute Gasteiger partial charge is 0.342 e. The molecule has 0 saturated heterocycles. The molecule has 1 rings (SSSR count). The van der Waals surface area contributed by atoms with E-state index in [0.29, 0.717) is 13.0 Å². The van der Waals surface area contributed by atoms with Gasteiger partial charge < -0.3 is 10.2 Å². The second kappa shape index (κ2) is 8.82. The summed E-state index contributed by atoms with van der Waals surface area (Å²) in [5, 5.41) is 2.85. The molecule has 0 fully saturated rings. The first-order valence-electron chi connectivity index (χ1n) is 7.25. The van der Waals surface area contributed by atoms with Gasteiger partial charge in [0.25, 0.3) is 0 Å². The molecule has 1 aromatic carbocycles. The summed E-state index contributed by atoms with van der Waals surface area (Å²) in [6.45, 7) is 6.81. The molecule has 1 N–H and O–H groups in total. The van der Waals surface area contributed by atoms with Gasteiger partial charge >= 0.3 is 0 Å². The van der Waals surface area contributed by atoms with Crippen LogP contribution in [0.15, 0.2) is 22.7 Å². The molecule has 4 nitrogen and oxygen atoms in total. The van der Waals surface area contributed by atoms with Crippen LogP contribution in [0.4, 0.5) is 5.69 Å². The Bertz CT molecular complexity index is 503. The van der Waals surface area contributed by atoms with Gasteiger partial charge in [-0.05, 0) is 31.0 Å². The Hall–Kier alpha value is -1.36. The van der Waals surface area contributed by atoms with Crippen molar-refractivity contribution in [2.24, 2.45) is 0 Å². The Morgan fingerprint density at radius 2 is 2.00 bits per heavy atom. The predicted molar refractivity (Wildman–Crippen MR) is 89.3 cm³/mol. The lowest BCUT2D eigenvalue weighted by molar-refractivity contribution is -0.129. The minimum Gasteiger partial charge on any atom is -0.342 e. The molecule has 0 spiro atoms. The summed E-state index contributed by atoms with van der Waals surface area (Å²) in [5.41, 5.74) is 1.88. The van der Waals surface area contributed by atoms with E-state index in [1.54, 1.807) is 11.8 Å². The molecule has 116 valence electrons. The molecule has 0 unspecified atom stereocenters. The topological polar surface area (TPSA) is 49.4 Å². The second-order valence-electron chi connectivity index (χ2n) is 5.12. The number of halogens is 1. The van der Waals surface area contributed by atoms with E-state index in [1.165, 1.54) is 0 Å². The van der Waals surface area contributed by atoms with Crippen molar-refractivity contribution in [3.63, 3.8) is 0 Å². The number of carbonyl (C=O) groups excluding carboxylic acids is 2. The molecule has 0 radical (unpaired) electrons. The zero-order valence-electron chi connectivity index (χ0n) is 12.9. The van der Waals surface area contributed by atoms with Gasteiger partial charge in [0.15, 0.2) is 0 Å². The van der Waals surface area contributed by atoms with Gasteiger partial charge in [0.2, 0.25) is 11.8 Å². The Balaban J connectivity index is 2.48. The van der Waals surface area contributed by atoms with Crippen molar-refractivity contribution in [2.75, 3.05) is 18.4 Å². The van der Waals surface area contributed by atoms with Crippen LogP contribution >= 0.6 is 15.9 Å². The van der Waals surface area contributed by atoms with Gasteiger partial charge in [-0.1, -0.05) is 35.3 Å². The highest BCUT2D eigenvalue weighted by Crippen LogP contribution is 2.20. The van der Waals surface area contributed by atoms with E-state index in [4.69, 9.17) is 0 Å². The van der Waals surface area contributed by atoms with Crippen LogP contribution in [0.2, 0.25) is 0 Å². The van der Waals surface area contributed by atoms with Gasteiger partial charge in [-0.3, -0.25) is 9.59 Å². The molecule has 0 heterocycles. The van der Waals surface area contributed by atoms with Crippen molar-refractivity contribution in [3.05, 3.63) is 28.2 Å². The summed E-state index contributed by atoms with van der Waals surface area (Å²) < 4.78 is 0.966. The first-order chi connectivity index (χ1) is 9.93. The Kier molecular flexibility index (Phi) is 7.43. The average molecular weight is 355 g/mol. The smallest absolute Gasteiger partial charge is 0.226 e. The summed E-state index contributed by atoms with van der Waals surface area (Å²) in [6, 6.07) is 5.70. The molecule has 21 heavy (non-hydrogen) atoms. The van der Waals surface area contributed by atoms with Crippen molar-refractivity contribution in [1.82, 2.24) is 4.90 Å². The normalized spacial score (nSPS) is 10.3. The maximum absolute atomic E-state index is 11.9. The highest BCUT2D eigenvalue weighted by molar-refractivity contribution is 9.10. The van der Waals surface area contributed by atoms with Crippen molar-refractivity contribution in [3.8, 4) is 0 Å². The third-order valence-electron chi connectivity index (χ3n) is 3.29.